The van der Waals surface area contributed by atoms with Gasteiger partial charge < -0.3 is 24.5 Å². The summed E-state index contributed by atoms with van der Waals surface area (Å²) in [6.07, 6.45) is 1.88. The lowest BCUT2D eigenvalue weighted by atomic mass is 10.4. The Morgan fingerprint density at radius 3 is 1.15 bits per heavy atom. The summed E-state index contributed by atoms with van der Waals surface area (Å²) in [5.74, 6) is 0. The van der Waals surface area contributed by atoms with Crippen LogP contribution in [-0.2, 0) is 19.1 Å². The maximum atomic E-state index is 9.65. The molecule has 2 saturated heterocycles. The second-order valence-electron chi connectivity index (χ2n) is 2.88. The van der Waals surface area contributed by atoms with Crippen LogP contribution in [0.4, 0.5) is 0 Å². The lowest BCUT2D eigenvalue weighted by Crippen LogP contribution is -1.86. The number of hydrogen-bond donors (Lipinski definition) is 0. The molecule has 2 heterocycles. The van der Waals surface area contributed by atoms with E-state index in [9.17, 15) is 9.59 Å². The van der Waals surface area contributed by atoms with Crippen molar-refractivity contribution < 1.29 is 24.5 Å². The SMILES string of the molecule is CC1OC1C=O.CC1OC1C=O.O. The van der Waals surface area contributed by atoms with E-state index in [0.29, 0.717) is 0 Å². The number of rotatable bonds is 2. The topological polar surface area (TPSA) is 90.7 Å². The molecule has 0 aromatic rings. The van der Waals surface area contributed by atoms with E-state index in [1.807, 2.05) is 13.8 Å². The third-order valence-electron chi connectivity index (χ3n) is 1.78. The summed E-state index contributed by atoms with van der Waals surface area (Å²) < 4.78 is 9.40. The quantitative estimate of drug-likeness (QED) is 0.417. The van der Waals surface area contributed by atoms with Crippen molar-refractivity contribution in [1.29, 1.82) is 0 Å². The highest BCUT2D eigenvalue weighted by Gasteiger charge is 2.33. The lowest BCUT2D eigenvalue weighted by Gasteiger charge is -1.58. The monoisotopic (exact) mass is 190 g/mol. The molecule has 0 aromatic carbocycles. The Balaban J connectivity index is 0.000000206. The minimum atomic E-state index is -0.0787. The molecule has 0 aromatic heterocycles. The van der Waals surface area contributed by atoms with Gasteiger partial charge in [0.2, 0.25) is 0 Å². The first-order chi connectivity index (χ1) is 5.69. The molecule has 2 rings (SSSR count). The Labute approximate surface area is 76.3 Å². The van der Waals surface area contributed by atoms with Gasteiger partial charge in [-0.05, 0) is 13.8 Å². The molecule has 4 unspecified atom stereocenters. The molecule has 76 valence electrons. The number of ether oxygens (including phenoxy) is 2. The van der Waals surface area contributed by atoms with Crippen LogP contribution in [0.2, 0.25) is 0 Å². The molecular weight excluding hydrogens is 176 g/mol. The molecule has 0 radical (unpaired) electrons. The van der Waals surface area contributed by atoms with Crippen molar-refractivity contribution in [3.8, 4) is 0 Å². The Bertz CT molecular complexity index is 161. The minimum absolute atomic E-state index is 0. The molecule has 13 heavy (non-hydrogen) atoms. The zero-order valence-corrected chi connectivity index (χ0v) is 7.60. The van der Waals surface area contributed by atoms with Crippen LogP contribution in [0.25, 0.3) is 0 Å². The van der Waals surface area contributed by atoms with E-state index < -0.39 is 0 Å². The zero-order chi connectivity index (χ0) is 9.14. The fourth-order valence-electron chi connectivity index (χ4n) is 0.690. The largest absolute Gasteiger partial charge is 0.412 e. The zero-order valence-electron chi connectivity index (χ0n) is 7.60. The summed E-state index contributed by atoms with van der Waals surface area (Å²) in [4.78, 5) is 19.3. The van der Waals surface area contributed by atoms with E-state index in [-0.39, 0.29) is 29.9 Å². The standard InChI is InChI=1S/2C4H6O2.H2O/c2*1-3-4(2-5)6-3;/h2*2-4H,1H3;1H2. The van der Waals surface area contributed by atoms with Gasteiger partial charge in [-0.15, -0.1) is 0 Å². The van der Waals surface area contributed by atoms with Gasteiger partial charge in [-0.1, -0.05) is 0 Å². The molecule has 0 aliphatic carbocycles. The van der Waals surface area contributed by atoms with E-state index in [2.05, 4.69) is 0 Å². The van der Waals surface area contributed by atoms with Gasteiger partial charge in [0, 0.05) is 0 Å². The molecular formula is C8H14O5. The van der Waals surface area contributed by atoms with E-state index in [4.69, 9.17) is 9.47 Å². The highest BCUT2D eigenvalue weighted by molar-refractivity contribution is 5.60. The predicted molar refractivity (Wildman–Crippen MR) is 44.4 cm³/mol. The first-order valence-corrected chi connectivity index (χ1v) is 3.90. The van der Waals surface area contributed by atoms with E-state index in [0.717, 1.165) is 12.6 Å². The number of carbonyl (C=O) groups excluding carboxylic acids is 2. The molecule has 2 fully saturated rings. The van der Waals surface area contributed by atoms with Gasteiger partial charge in [0.05, 0.1) is 12.2 Å². The minimum Gasteiger partial charge on any atom is -0.412 e. The maximum Gasteiger partial charge on any atom is 0.151 e. The Hall–Kier alpha value is -0.780. The van der Waals surface area contributed by atoms with Gasteiger partial charge in [0.25, 0.3) is 0 Å². The maximum absolute atomic E-state index is 9.65. The van der Waals surface area contributed by atoms with Crippen LogP contribution >= 0.6 is 0 Å². The third-order valence-corrected chi connectivity index (χ3v) is 1.78. The van der Waals surface area contributed by atoms with Crippen LogP contribution in [-0.4, -0.2) is 42.5 Å². The number of epoxide rings is 2. The van der Waals surface area contributed by atoms with E-state index in [1.165, 1.54) is 0 Å². The van der Waals surface area contributed by atoms with Crippen LogP contribution in [0.1, 0.15) is 13.8 Å². The van der Waals surface area contributed by atoms with Crippen LogP contribution in [0, 0.1) is 0 Å². The lowest BCUT2D eigenvalue weighted by molar-refractivity contribution is -0.109. The highest BCUT2D eigenvalue weighted by Crippen LogP contribution is 2.17. The van der Waals surface area contributed by atoms with Crippen LogP contribution in [0.15, 0.2) is 0 Å². The van der Waals surface area contributed by atoms with Gasteiger partial charge >= 0.3 is 0 Å². The van der Waals surface area contributed by atoms with Crippen molar-refractivity contribution in [2.75, 3.05) is 0 Å². The van der Waals surface area contributed by atoms with Crippen molar-refractivity contribution in [2.45, 2.75) is 38.3 Å². The molecule has 2 aliphatic heterocycles. The van der Waals surface area contributed by atoms with Gasteiger partial charge in [-0.2, -0.15) is 0 Å². The molecule has 4 atom stereocenters. The summed E-state index contributed by atoms with van der Waals surface area (Å²) in [6.45, 7) is 3.75. The van der Waals surface area contributed by atoms with Crippen molar-refractivity contribution in [2.24, 2.45) is 0 Å². The van der Waals surface area contributed by atoms with Crippen LogP contribution in [0.5, 0.6) is 0 Å². The summed E-state index contributed by atoms with van der Waals surface area (Å²) in [7, 11) is 0. The van der Waals surface area contributed by atoms with Crippen molar-refractivity contribution in [1.82, 2.24) is 0 Å². The normalized spacial score (nSPS) is 38.9. The summed E-state index contributed by atoms with van der Waals surface area (Å²) in [5.41, 5.74) is 0. The number of carbonyl (C=O) groups is 2. The Morgan fingerprint density at radius 1 is 0.923 bits per heavy atom. The van der Waals surface area contributed by atoms with Crippen molar-refractivity contribution in [3.05, 3.63) is 0 Å². The van der Waals surface area contributed by atoms with Gasteiger partial charge in [-0.25, -0.2) is 0 Å². The molecule has 5 heteroatoms. The summed E-state index contributed by atoms with van der Waals surface area (Å²) >= 11 is 0. The smallest absolute Gasteiger partial charge is 0.151 e. The van der Waals surface area contributed by atoms with E-state index in [1.54, 1.807) is 0 Å². The van der Waals surface area contributed by atoms with E-state index >= 15 is 0 Å². The average molecular weight is 190 g/mol. The molecule has 2 N–H and O–H groups in total. The molecule has 0 bridgehead atoms. The first kappa shape index (κ1) is 12.2. The molecule has 2 aliphatic rings. The highest BCUT2D eigenvalue weighted by atomic mass is 16.6. The second-order valence-corrected chi connectivity index (χ2v) is 2.88. The average Bonchev–Trinajstić information content (AvgIpc) is 2.92. The fourth-order valence-corrected chi connectivity index (χ4v) is 0.690. The molecule has 5 nitrogen and oxygen atoms in total. The van der Waals surface area contributed by atoms with Crippen molar-refractivity contribution in [3.63, 3.8) is 0 Å². The summed E-state index contributed by atoms with van der Waals surface area (Å²) in [6, 6.07) is 0. The van der Waals surface area contributed by atoms with Gasteiger partial charge in [0.1, 0.15) is 12.2 Å². The van der Waals surface area contributed by atoms with Crippen LogP contribution < -0.4 is 0 Å². The van der Waals surface area contributed by atoms with Gasteiger partial charge in [-0.3, -0.25) is 0 Å². The Morgan fingerprint density at radius 2 is 1.15 bits per heavy atom. The van der Waals surface area contributed by atoms with Gasteiger partial charge in [0.15, 0.2) is 12.6 Å². The molecule has 0 spiro atoms. The number of hydrogen-bond acceptors (Lipinski definition) is 4. The second kappa shape index (κ2) is 5.06. The fraction of sp³-hybridized carbons (Fsp3) is 0.750. The van der Waals surface area contributed by atoms with Crippen molar-refractivity contribution >= 4 is 12.6 Å². The third kappa shape index (κ3) is 4.12. The first-order valence-electron chi connectivity index (χ1n) is 3.90. The number of aldehydes is 2. The van der Waals surface area contributed by atoms with Crippen LogP contribution in [0.3, 0.4) is 0 Å². The summed E-state index contributed by atoms with van der Waals surface area (Å²) in [5, 5.41) is 0. The predicted octanol–water partition coefficient (Wildman–Crippen LogP) is -0.880. The molecule has 0 amide bonds. The Kier molecular flexibility index (Phi) is 4.76. The molecule has 0 saturated carbocycles.